The quantitative estimate of drug-likeness (QED) is 0.613. The maximum absolute atomic E-state index is 11.8. The second-order valence-electron chi connectivity index (χ2n) is 5.89. The van der Waals surface area contributed by atoms with E-state index in [4.69, 9.17) is 9.84 Å². The lowest BCUT2D eigenvalue weighted by Gasteiger charge is -2.48. The minimum absolute atomic E-state index is 0.0971. The summed E-state index contributed by atoms with van der Waals surface area (Å²) in [5.74, 6) is -1.68. The molecule has 0 aliphatic heterocycles. The number of ether oxygens (including phenoxy) is 1. The monoisotopic (exact) mass is 268 g/mol. The highest BCUT2D eigenvalue weighted by Crippen LogP contribution is 2.47. The van der Waals surface area contributed by atoms with Gasteiger partial charge >= 0.3 is 11.9 Å². The number of carboxylic acids is 1. The van der Waals surface area contributed by atoms with Crippen molar-refractivity contribution in [3.05, 3.63) is 12.2 Å². The summed E-state index contributed by atoms with van der Waals surface area (Å²) >= 11 is 0. The lowest BCUT2D eigenvalue weighted by Crippen LogP contribution is -2.49. The number of hydrogen-bond acceptors (Lipinski definition) is 3. The molecule has 1 N–H and O–H groups in total. The Morgan fingerprint density at radius 2 is 1.79 bits per heavy atom. The number of aliphatic carboxylic acids is 1. The topological polar surface area (TPSA) is 63.6 Å². The maximum atomic E-state index is 11.8. The molecule has 1 saturated carbocycles. The summed E-state index contributed by atoms with van der Waals surface area (Å²) in [5, 5.41) is 8.54. The average molecular weight is 268 g/mol. The first kappa shape index (κ1) is 15.7. The molecule has 1 aliphatic carbocycles. The molecule has 0 aromatic heterocycles. The standard InChI is InChI=1S/C15H24O4/c1-4-14(2,3)15(10-6-5-7-11-15)19-13(18)9-8-12(16)17/h8-9H,4-7,10-11H2,1-3H3,(H,16,17). The summed E-state index contributed by atoms with van der Waals surface area (Å²) in [5.41, 5.74) is -0.555. The molecule has 4 nitrogen and oxygen atoms in total. The van der Waals surface area contributed by atoms with Crippen LogP contribution in [0.1, 0.15) is 59.3 Å². The summed E-state index contributed by atoms with van der Waals surface area (Å²) in [6, 6.07) is 0. The van der Waals surface area contributed by atoms with Crippen molar-refractivity contribution >= 4 is 11.9 Å². The van der Waals surface area contributed by atoms with E-state index < -0.39 is 17.5 Å². The van der Waals surface area contributed by atoms with Gasteiger partial charge in [0.05, 0.1) is 0 Å². The molecule has 19 heavy (non-hydrogen) atoms. The van der Waals surface area contributed by atoms with Crippen LogP contribution in [0.3, 0.4) is 0 Å². The fourth-order valence-electron chi connectivity index (χ4n) is 2.73. The molecule has 0 amide bonds. The largest absolute Gasteiger partial charge is 0.478 e. The first-order valence-corrected chi connectivity index (χ1v) is 6.97. The third kappa shape index (κ3) is 3.82. The molecule has 0 heterocycles. The molecule has 0 bridgehead atoms. The molecule has 1 fully saturated rings. The van der Waals surface area contributed by atoms with Crippen molar-refractivity contribution in [1.29, 1.82) is 0 Å². The smallest absolute Gasteiger partial charge is 0.331 e. The lowest BCUT2D eigenvalue weighted by molar-refractivity contribution is -0.176. The Morgan fingerprint density at radius 3 is 2.26 bits per heavy atom. The number of esters is 1. The Morgan fingerprint density at radius 1 is 1.21 bits per heavy atom. The Balaban J connectivity index is 2.86. The van der Waals surface area contributed by atoms with Gasteiger partial charge in [-0.15, -0.1) is 0 Å². The molecular weight excluding hydrogens is 244 g/mol. The van der Waals surface area contributed by atoms with Crippen molar-refractivity contribution in [1.82, 2.24) is 0 Å². The highest BCUT2D eigenvalue weighted by atomic mass is 16.6. The maximum Gasteiger partial charge on any atom is 0.331 e. The fraction of sp³-hybridized carbons (Fsp3) is 0.733. The summed E-state index contributed by atoms with van der Waals surface area (Å²) in [6.45, 7) is 6.33. The van der Waals surface area contributed by atoms with E-state index in [1.54, 1.807) is 0 Å². The second kappa shape index (κ2) is 6.22. The van der Waals surface area contributed by atoms with Crippen LogP contribution in [0, 0.1) is 5.41 Å². The van der Waals surface area contributed by atoms with E-state index in [2.05, 4.69) is 20.8 Å². The van der Waals surface area contributed by atoms with E-state index in [9.17, 15) is 9.59 Å². The van der Waals surface area contributed by atoms with Gasteiger partial charge in [0.15, 0.2) is 0 Å². The average Bonchev–Trinajstić information content (AvgIpc) is 2.37. The Bertz CT molecular complexity index is 362. The molecule has 1 rings (SSSR count). The van der Waals surface area contributed by atoms with Crippen LogP contribution in [0.5, 0.6) is 0 Å². The third-order valence-corrected chi connectivity index (χ3v) is 4.44. The lowest BCUT2D eigenvalue weighted by atomic mass is 9.65. The molecule has 108 valence electrons. The highest BCUT2D eigenvalue weighted by molar-refractivity contribution is 5.90. The number of hydrogen-bond donors (Lipinski definition) is 1. The molecule has 0 aromatic carbocycles. The zero-order chi connectivity index (χ0) is 14.5. The van der Waals surface area contributed by atoms with Crippen molar-refractivity contribution in [2.24, 2.45) is 5.41 Å². The zero-order valence-corrected chi connectivity index (χ0v) is 12.1. The molecule has 0 saturated heterocycles. The van der Waals surface area contributed by atoms with Gasteiger partial charge < -0.3 is 9.84 Å². The molecule has 1 aliphatic rings. The van der Waals surface area contributed by atoms with Crippen LogP contribution in [0.15, 0.2) is 12.2 Å². The van der Waals surface area contributed by atoms with Crippen LogP contribution in [-0.4, -0.2) is 22.6 Å². The second-order valence-corrected chi connectivity index (χ2v) is 5.89. The van der Waals surface area contributed by atoms with Crippen LogP contribution in [0.25, 0.3) is 0 Å². The van der Waals surface area contributed by atoms with Gasteiger partial charge in [0, 0.05) is 17.6 Å². The van der Waals surface area contributed by atoms with Crippen LogP contribution in [-0.2, 0) is 14.3 Å². The molecule has 0 atom stereocenters. The van der Waals surface area contributed by atoms with Gasteiger partial charge in [0.2, 0.25) is 0 Å². The number of carboxylic acid groups (broad SMARTS) is 1. The van der Waals surface area contributed by atoms with Crippen LogP contribution >= 0.6 is 0 Å². The first-order chi connectivity index (χ1) is 8.83. The van der Waals surface area contributed by atoms with Crippen LogP contribution < -0.4 is 0 Å². The van der Waals surface area contributed by atoms with Gasteiger partial charge in [0.1, 0.15) is 5.60 Å². The normalized spacial score (nSPS) is 19.3. The van der Waals surface area contributed by atoms with Gasteiger partial charge in [-0.25, -0.2) is 9.59 Å². The molecule has 0 aromatic rings. The van der Waals surface area contributed by atoms with Crippen LogP contribution in [0.4, 0.5) is 0 Å². The first-order valence-electron chi connectivity index (χ1n) is 6.97. The number of rotatable bonds is 5. The van der Waals surface area contributed by atoms with E-state index in [-0.39, 0.29) is 5.41 Å². The third-order valence-electron chi connectivity index (χ3n) is 4.44. The van der Waals surface area contributed by atoms with Crippen molar-refractivity contribution in [3.63, 3.8) is 0 Å². The Hall–Kier alpha value is -1.32. The predicted octanol–water partition coefficient (Wildman–Crippen LogP) is 3.31. The summed E-state index contributed by atoms with van der Waals surface area (Å²) in [4.78, 5) is 22.2. The van der Waals surface area contributed by atoms with E-state index in [1.165, 1.54) is 6.42 Å². The van der Waals surface area contributed by atoms with Gasteiger partial charge in [-0.3, -0.25) is 0 Å². The minimum Gasteiger partial charge on any atom is -0.478 e. The van der Waals surface area contributed by atoms with E-state index >= 15 is 0 Å². The van der Waals surface area contributed by atoms with Crippen molar-refractivity contribution in [2.75, 3.05) is 0 Å². The molecule has 0 radical (unpaired) electrons. The Kier molecular flexibility index (Phi) is 5.15. The Labute approximate surface area is 114 Å². The molecule has 0 unspecified atom stereocenters. The SMILES string of the molecule is CCC(C)(C)C1(OC(=O)C=CC(=O)O)CCCCC1. The zero-order valence-electron chi connectivity index (χ0n) is 12.1. The highest BCUT2D eigenvalue weighted by Gasteiger charge is 2.47. The molecule has 4 heteroatoms. The van der Waals surface area contributed by atoms with Gasteiger partial charge in [-0.1, -0.05) is 27.2 Å². The van der Waals surface area contributed by atoms with E-state index in [0.29, 0.717) is 0 Å². The van der Waals surface area contributed by atoms with Crippen molar-refractivity contribution in [3.8, 4) is 0 Å². The summed E-state index contributed by atoms with van der Waals surface area (Å²) < 4.78 is 5.70. The summed E-state index contributed by atoms with van der Waals surface area (Å²) in [7, 11) is 0. The van der Waals surface area contributed by atoms with E-state index in [0.717, 1.165) is 44.3 Å². The number of carbonyl (C=O) groups is 2. The van der Waals surface area contributed by atoms with Gasteiger partial charge in [0.25, 0.3) is 0 Å². The van der Waals surface area contributed by atoms with Crippen molar-refractivity contribution < 1.29 is 19.4 Å². The fourth-order valence-corrected chi connectivity index (χ4v) is 2.73. The predicted molar refractivity (Wildman–Crippen MR) is 72.8 cm³/mol. The van der Waals surface area contributed by atoms with Crippen LogP contribution in [0.2, 0.25) is 0 Å². The summed E-state index contributed by atoms with van der Waals surface area (Å²) in [6.07, 6.45) is 7.76. The van der Waals surface area contributed by atoms with Gasteiger partial charge in [-0.05, 0) is 32.1 Å². The molecular formula is C15H24O4. The van der Waals surface area contributed by atoms with Gasteiger partial charge in [-0.2, -0.15) is 0 Å². The molecule has 0 spiro atoms. The number of carbonyl (C=O) groups excluding carboxylic acids is 1. The minimum atomic E-state index is -1.13. The van der Waals surface area contributed by atoms with Crippen molar-refractivity contribution in [2.45, 2.75) is 64.9 Å². The van der Waals surface area contributed by atoms with E-state index in [1.807, 2.05) is 0 Å².